The third kappa shape index (κ3) is 4.18. The van der Waals surface area contributed by atoms with E-state index in [1.54, 1.807) is 30.5 Å². The minimum atomic E-state index is -0.304. The zero-order valence-electron chi connectivity index (χ0n) is 12.8. The molecule has 0 radical (unpaired) electrons. The van der Waals surface area contributed by atoms with Crippen molar-refractivity contribution in [3.05, 3.63) is 48.0 Å². The van der Waals surface area contributed by atoms with E-state index < -0.39 is 0 Å². The van der Waals surface area contributed by atoms with E-state index in [9.17, 15) is 9.59 Å². The zero-order valence-corrected chi connectivity index (χ0v) is 12.8. The monoisotopic (exact) mass is 300 g/mol. The van der Waals surface area contributed by atoms with Crippen molar-refractivity contribution in [2.75, 3.05) is 5.32 Å². The minimum Gasteiger partial charge on any atom is -0.333 e. The van der Waals surface area contributed by atoms with Crippen LogP contribution in [0.4, 0.5) is 10.5 Å². The molecule has 6 heteroatoms. The number of carbonyl (C=O) groups is 2. The number of hydrogen-bond acceptors (Lipinski definition) is 3. The summed E-state index contributed by atoms with van der Waals surface area (Å²) in [5.41, 5.74) is 1.26. The van der Waals surface area contributed by atoms with E-state index in [-0.39, 0.29) is 11.8 Å². The second-order valence-electron chi connectivity index (χ2n) is 4.98. The third-order valence-corrected chi connectivity index (χ3v) is 3.22. The SMILES string of the molecule is CCCn1ccnc1CNC(=O)Nc1ccc(C(C)=O)cc1. The Bertz CT molecular complexity index is 646. The van der Waals surface area contributed by atoms with Crippen LogP contribution in [0.5, 0.6) is 0 Å². The topological polar surface area (TPSA) is 76.0 Å². The molecule has 0 aliphatic carbocycles. The van der Waals surface area contributed by atoms with Gasteiger partial charge < -0.3 is 15.2 Å². The average molecular weight is 300 g/mol. The van der Waals surface area contributed by atoms with Gasteiger partial charge in [-0.2, -0.15) is 0 Å². The highest BCUT2D eigenvalue weighted by molar-refractivity contribution is 5.95. The van der Waals surface area contributed by atoms with Gasteiger partial charge in [0.05, 0.1) is 6.54 Å². The Kier molecular flexibility index (Phi) is 5.30. The Balaban J connectivity index is 1.87. The molecule has 0 atom stereocenters. The Morgan fingerprint density at radius 1 is 1.23 bits per heavy atom. The summed E-state index contributed by atoms with van der Waals surface area (Å²) in [6.07, 6.45) is 4.64. The van der Waals surface area contributed by atoms with Crippen molar-refractivity contribution in [1.29, 1.82) is 0 Å². The van der Waals surface area contributed by atoms with Crippen LogP contribution in [0.2, 0.25) is 0 Å². The Hall–Kier alpha value is -2.63. The number of nitrogens with zero attached hydrogens (tertiary/aromatic N) is 2. The third-order valence-electron chi connectivity index (χ3n) is 3.22. The zero-order chi connectivity index (χ0) is 15.9. The summed E-state index contributed by atoms with van der Waals surface area (Å²) in [6, 6.07) is 6.47. The molecule has 0 unspecified atom stereocenters. The maximum absolute atomic E-state index is 11.9. The summed E-state index contributed by atoms with van der Waals surface area (Å²) < 4.78 is 2.02. The number of ketones is 1. The lowest BCUT2D eigenvalue weighted by atomic mass is 10.1. The number of hydrogen-bond donors (Lipinski definition) is 2. The van der Waals surface area contributed by atoms with Gasteiger partial charge in [0.15, 0.2) is 5.78 Å². The number of rotatable bonds is 6. The summed E-state index contributed by atoms with van der Waals surface area (Å²) >= 11 is 0. The molecule has 0 fully saturated rings. The highest BCUT2D eigenvalue weighted by atomic mass is 16.2. The fourth-order valence-electron chi connectivity index (χ4n) is 2.07. The molecule has 0 saturated heterocycles. The predicted octanol–water partition coefficient (Wildman–Crippen LogP) is 2.82. The molecule has 0 saturated carbocycles. The van der Waals surface area contributed by atoms with Crippen LogP contribution >= 0.6 is 0 Å². The number of urea groups is 1. The van der Waals surface area contributed by atoms with Crippen LogP contribution in [0.15, 0.2) is 36.7 Å². The van der Waals surface area contributed by atoms with Crippen LogP contribution < -0.4 is 10.6 Å². The molecule has 116 valence electrons. The maximum Gasteiger partial charge on any atom is 0.319 e. The summed E-state index contributed by atoms with van der Waals surface area (Å²) in [5, 5.41) is 5.49. The van der Waals surface area contributed by atoms with Crippen molar-refractivity contribution in [2.45, 2.75) is 33.4 Å². The molecule has 0 aliphatic rings. The van der Waals surface area contributed by atoms with Gasteiger partial charge in [-0.05, 0) is 37.6 Å². The Morgan fingerprint density at radius 3 is 2.59 bits per heavy atom. The summed E-state index contributed by atoms with van der Waals surface area (Å²) in [7, 11) is 0. The van der Waals surface area contributed by atoms with Crippen LogP contribution in [0, 0.1) is 0 Å². The number of amides is 2. The van der Waals surface area contributed by atoms with E-state index in [2.05, 4.69) is 22.5 Å². The maximum atomic E-state index is 11.9. The van der Waals surface area contributed by atoms with E-state index in [0.717, 1.165) is 18.8 Å². The molecule has 2 rings (SSSR count). The lowest BCUT2D eigenvalue weighted by Crippen LogP contribution is -2.29. The van der Waals surface area contributed by atoms with E-state index in [0.29, 0.717) is 17.8 Å². The van der Waals surface area contributed by atoms with Gasteiger partial charge >= 0.3 is 6.03 Å². The van der Waals surface area contributed by atoms with Crippen LogP contribution in [-0.4, -0.2) is 21.4 Å². The molecule has 2 aromatic rings. The number of anilines is 1. The van der Waals surface area contributed by atoms with Gasteiger partial charge in [0.2, 0.25) is 0 Å². The van der Waals surface area contributed by atoms with E-state index >= 15 is 0 Å². The Morgan fingerprint density at radius 2 is 1.95 bits per heavy atom. The summed E-state index contributed by atoms with van der Waals surface area (Å²) in [5.74, 6) is 0.822. The van der Waals surface area contributed by atoms with Crippen LogP contribution in [-0.2, 0) is 13.1 Å². The number of aryl methyl sites for hydroxylation is 1. The molecule has 22 heavy (non-hydrogen) atoms. The van der Waals surface area contributed by atoms with Crippen LogP contribution in [0.1, 0.15) is 36.5 Å². The number of carbonyl (C=O) groups excluding carboxylic acids is 2. The number of benzene rings is 1. The first-order chi connectivity index (χ1) is 10.6. The molecular weight excluding hydrogens is 280 g/mol. The van der Waals surface area contributed by atoms with Gasteiger partial charge in [0.1, 0.15) is 5.82 Å². The number of nitrogens with one attached hydrogen (secondary N) is 2. The van der Waals surface area contributed by atoms with E-state index in [1.807, 2.05) is 10.8 Å². The minimum absolute atomic E-state index is 0.00115. The number of Topliss-reactive ketones (excluding diaryl/α,β-unsaturated/α-hetero) is 1. The lowest BCUT2D eigenvalue weighted by molar-refractivity contribution is 0.101. The molecule has 2 N–H and O–H groups in total. The summed E-state index contributed by atoms with van der Waals surface area (Å²) in [6.45, 7) is 4.84. The van der Waals surface area contributed by atoms with Crippen LogP contribution in [0.25, 0.3) is 0 Å². The van der Waals surface area contributed by atoms with Gasteiger partial charge in [-0.1, -0.05) is 6.92 Å². The number of imidazole rings is 1. The molecule has 0 spiro atoms. The molecule has 2 amide bonds. The molecule has 0 bridgehead atoms. The molecule has 0 aliphatic heterocycles. The van der Waals surface area contributed by atoms with Gasteiger partial charge in [-0.15, -0.1) is 0 Å². The van der Waals surface area contributed by atoms with Crippen molar-refractivity contribution < 1.29 is 9.59 Å². The van der Waals surface area contributed by atoms with Crippen molar-refractivity contribution in [3.8, 4) is 0 Å². The molecular formula is C16H20N4O2. The van der Waals surface area contributed by atoms with Crippen molar-refractivity contribution in [2.24, 2.45) is 0 Å². The first kappa shape index (κ1) is 15.8. The average Bonchev–Trinajstić information content (AvgIpc) is 2.93. The quantitative estimate of drug-likeness (QED) is 0.805. The fraction of sp³-hybridized carbons (Fsp3) is 0.312. The molecule has 1 aromatic carbocycles. The van der Waals surface area contributed by atoms with Crippen molar-refractivity contribution in [1.82, 2.24) is 14.9 Å². The van der Waals surface area contributed by atoms with E-state index in [4.69, 9.17) is 0 Å². The highest BCUT2D eigenvalue weighted by Gasteiger charge is 2.06. The van der Waals surface area contributed by atoms with Gasteiger partial charge in [-0.3, -0.25) is 4.79 Å². The van der Waals surface area contributed by atoms with Crippen molar-refractivity contribution >= 4 is 17.5 Å². The standard InChI is InChI=1S/C16H20N4O2/c1-3-9-20-10-8-17-15(20)11-18-16(22)19-14-6-4-13(5-7-14)12(2)21/h4-8,10H,3,9,11H2,1-2H3,(H2,18,19,22). The molecule has 6 nitrogen and oxygen atoms in total. The number of aromatic nitrogens is 2. The first-order valence-electron chi connectivity index (χ1n) is 7.26. The van der Waals surface area contributed by atoms with E-state index in [1.165, 1.54) is 6.92 Å². The highest BCUT2D eigenvalue weighted by Crippen LogP contribution is 2.10. The van der Waals surface area contributed by atoms with Crippen molar-refractivity contribution in [3.63, 3.8) is 0 Å². The second kappa shape index (κ2) is 7.40. The van der Waals surface area contributed by atoms with Gasteiger partial charge in [0.25, 0.3) is 0 Å². The first-order valence-corrected chi connectivity index (χ1v) is 7.26. The Labute approximate surface area is 129 Å². The van der Waals surface area contributed by atoms with Gasteiger partial charge in [-0.25, -0.2) is 9.78 Å². The molecule has 1 heterocycles. The second-order valence-corrected chi connectivity index (χ2v) is 4.98. The lowest BCUT2D eigenvalue weighted by Gasteiger charge is -2.09. The molecule has 1 aromatic heterocycles. The summed E-state index contributed by atoms with van der Waals surface area (Å²) in [4.78, 5) is 27.3. The van der Waals surface area contributed by atoms with Crippen LogP contribution in [0.3, 0.4) is 0 Å². The fourth-order valence-corrected chi connectivity index (χ4v) is 2.07. The normalized spacial score (nSPS) is 10.3. The predicted molar refractivity (Wildman–Crippen MR) is 84.8 cm³/mol. The van der Waals surface area contributed by atoms with Gasteiger partial charge in [0, 0.05) is 30.2 Å². The smallest absolute Gasteiger partial charge is 0.319 e. The largest absolute Gasteiger partial charge is 0.333 e.